The normalized spacial score (nSPS) is 19.6. The second kappa shape index (κ2) is 7.55. The monoisotopic (exact) mass is 295 g/mol. The van der Waals surface area contributed by atoms with Crippen molar-refractivity contribution in [3.63, 3.8) is 0 Å². The third-order valence-corrected chi connectivity index (χ3v) is 5.83. The number of likely N-dealkylation sites (N-methyl/N-ethyl adjacent to an activating group) is 1. The van der Waals surface area contributed by atoms with Crippen molar-refractivity contribution >= 4 is 11.3 Å². The minimum atomic E-state index is 0.389. The van der Waals surface area contributed by atoms with Crippen LogP contribution in [0.4, 0.5) is 0 Å². The summed E-state index contributed by atoms with van der Waals surface area (Å²) in [6, 6.07) is 4.91. The quantitative estimate of drug-likeness (QED) is 0.875. The number of aryl methyl sites for hydroxylation is 1. The Bertz CT molecular complexity index is 396. The summed E-state index contributed by atoms with van der Waals surface area (Å²) in [6.45, 7) is 6.59. The third-order valence-electron chi connectivity index (χ3n) is 4.50. The molecule has 2 N–H and O–H groups in total. The second-order valence-corrected chi connectivity index (χ2v) is 7.30. The molecule has 1 aliphatic heterocycles. The molecule has 1 aromatic rings. The minimum Gasteiger partial charge on any atom is -0.329 e. The molecule has 0 amide bonds. The number of thiophene rings is 1. The van der Waals surface area contributed by atoms with E-state index < -0.39 is 0 Å². The predicted molar refractivity (Wildman–Crippen MR) is 88.3 cm³/mol. The molecule has 3 nitrogen and oxygen atoms in total. The van der Waals surface area contributed by atoms with Gasteiger partial charge in [-0.2, -0.15) is 0 Å². The highest BCUT2D eigenvalue weighted by Gasteiger charge is 2.23. The molecule has 1 saturated heterocycles. The zero-order valence-corrected chi connectivity index (χ0v) is 14.0. The van der Waals surface area contributed by atoms with Gasteiger partial charge in [0.2, 0.25) is 0 Å². The Morgan fingerprint density at radius 1 is 1.40 bits per heavy atom. The molecule has 0 bridgehead atoms. The van der Waals surface area contributed by atoms with E-state index in [2.05, 4.69) is 43.0 Å². The molecule has 0 spiro atoms. The highest BCUT2D eigenvalue weighted by Crippen LogP contribution is 2.28. The van der Waals surface area contributed by atoms with Gasteiger partial charge in [0.25, 0.3) is 0 Å². The lowest BCUT2D eigenvalue weighted by Crippen LogP contribution is -2.38. The maximum Gasteiger partial charge on any atom is 0.0562 e. The molecule has 1 atom stereocenters. The van der Waals surface area contributed by atoms with Crippen molar-refractivity contribution in [1.82, 2.24) is 9.80 Å². The topological polar surface area (TPSA) is 32.5 Å². The van der Waals surface area contributed by atoms with Gasteiger partial charge in [0.05, 0.1) is 6.04 Å². The summed E-state index contributed by atoms with van der Waals surface area (Å²) < 4.78 is 0. The highest BCUT2D eigenvalue weighted by molar-refractivity contribution is 7.12. The van der Waals surface area contributed by atoms with Gasteiger partial charge in [-0.3, -0.25) is 4.90 Å². The fourth-order valence-electron chi connectivity index (χ4n) is 3.06. The van der Waals surface area contributed by atoms with E-state index in [1.54, 1.807) is 0 Å². The van der Waals surface area contributed by atoms with Crippen molar-refractivity contribution in [3.05, 3.63) is 21.9 Å². The Hall–Kier alpha value is -0.420. The first-order valence-electron chi connectivity index (χ1n) is 7.81. The van der Waals surface area contributed by atoms with Crippen LogP contribution in [0.3, 0.4) is 0 Å². The lowest BCUT2D eigenvalue weighted by molar-refractivity contribution is 0.153. The van der Waals surface area contributed by atoms with Crippen LogP contribution in [0.5, 0.6) is 0 Å². The van der Waals surface area contributed by atoms with Crippen LogP contribution in [0.15, 0.2) is 12.1 Å². The van der Waals surface area contributed by atoms with E-state index in [-0.39, 0.29) is 0 Å². The zero-order valence-electron chi connectivity index (χ0n) is 13.1. The predicted octanol–water partition coefficient (Wildman–Crippen LogP) is 2.58. The second-order valence-electron chi connectivity index (χ2n) is 6.10. The van der Waals surface area contributed by atoms with E-state index in [1.165, 1.54) is 42.2 Å². The zero-order chi connectivity index (χ0) is 14.5. The maximum absolute atomic E-state index is 6.04. The summed E-state index contributed by atoms with van der Waals surface area (Å²) in [5.74, 6) is 0.829. The van der Waals surface area contributed by atoms with Crippen LogP contribution in [0, 0.1) is 5.92 Å². The Morgan fingerprint density at radius 3 is 2.65 bits per heavy atom. The molecule has 20 heavy (non-hydrogen) atoms. The van der Waals surface area contributed by atoms with Crippen molar-refractivity contribution < 1.29 is 0 Å². The Kier molecular flexibility index (Phi) is 6.02. The van der Waals surface area contributed by atoms with Crippen molar-refractivity contribution in [2.24, 2.45) is 11.7 Å². The molecule has 0 radical (unpaired) electrons. The molecular weight excluding hydrogens is 266 g/mol. The van der Waals surface area contributed by atoms with E-state index in [1.807, 2.05) is 11.3 Å². The molecule has 4 heteroatoms. The summed E-state index contributed by atoms with van der Waals surface area (Å²) in [5, 5.41) is 0. The number of hydrogen-bond donors (Lipinski definition) is 1. The molecule has 2 rings (SSSR count). The van der Waals surface area contributed by atoms with Crippen LogP contribution in [0.25, 0.3) is 0 Å². The Labute approximate surface area is 127 Å². The van der Waals surface area contributed by atoms with E-state index in [0.29, 0.717) is 12.6 Å². The van der Waals surface area contributed by atoms with Crippen molar-refractivity contribution in [3.8, 4) is 0 Å². The average molecular weight is 295 g/mol. The van der Waals surface area contributed by atoms with Crippen molar-refractivity contribution in [2.45, 2.75) is 32.2 Å². The first-order chi connectivity index (χ1) is 9.63. The standard InChI is InChI=1S/C16H29N3S/c1-4-14-5-6-16(20-14)15(11-17)19(3)12-13-7-9-18(2)10-8-13/h5-6,13,15H,4,7-12,17H2,1-3H3. The molecule has 1 aromatic heterocycles. The van der Waals surface area contributed by atoms with E-state index >= 15 is 0 Å². The SMILES string of the molecule is CCc1ccc(C(CN)N(C)CC2CCN(C)CC2)s1. The molecule has 114 valence electrons. The van der Waals surface area contributed by atoms with Crippen LogP contribution >= 0.6 is 11.3 Å². The van der Waals surface area contributed by atoms with Crippen LogP contribution in [0.1, 0.15) is 35.6 Å². The van der Waals surface area contributed by atoms with Gasteiger partial charge in [0, 0.05) is 22.8 Å². The van der Waals surface area contributed by atoms with Gasteiger partial charge < -0.3 is 10.6 Å². The molecule has 1 fully saturated rings. The summed E-state index contributed by atoms with van der Waals surface area (Å²) in [4.78, 5) is 7.80. The van der Waals surface area contributed by atoms with Gasteiger partial charge >= 0.3 is 0 Å². The van der Waals surface area contributed by atoms with E-state index in [9.17, 15) is 0 Å². The fraction of sp³-hybridized carbons (Fsp3) is 0.750. The summed E-state index contributed by atoms with van der Waals surface area (Å²) in [5.41, 5.74) is 6.04. The van der Waals surface area contributed by atoms with Crippen molar-refractivity contribution in [2.75, 3.05) is 40.3 Å². The van der Waals surface area contributed by atoms with Gasteiger partial charge in [-0.1, -0.05) is 6.92 Å². The fourth-order valence-corrected chi connectivity index (χ4v) is 4.19. The first-order valence-corrected chi connectivity index (χ1v) is 8.63. The van der Waals surface area contributed by atoms with Gasteiger partial charge in [0.1, 0.15) is 0 Å². The van der Waals surface area contributed by atoms with Crippen LogP contribution in [0.2, 0.25) is 0 Å². The average Bonchev–Trinajstić information content (AvgIpc) is 2.91. The van der Waals surface area contributed by atoms with Crippen LogP contribution in [-0.2, 0) is 6.42 Å². The Balaban J connectivity index is 1.93. The number of likely N-dealkylation sites (tertiary alicyclic amines) is 1. The summed E-state index contributed by atoms with van der Waals surface area (Å²) in [6.07, 6.45) is 3.77. The summed E-state index contributed by atoms with van der Waals surface area (Å²) >= 11 is 1.93. The van der Waals surface area contributed by atoms with Crippen molar-refractivity contribution in [1.29, 1.82) is 0 Å². The maximum atomic E-state index is 6.04. The minimum absolute atomic E-state index is 0.389. The van der Waals surface area contributed by atoms with E-state index in [4.69, 9.17) is 5.73 Å². The first kappa shape index (κ1) is 16.0. The molecular formula is C16H29N3S. The van der Waals surface area contributed by atoms with Gasteiger partial charge in [-0.05, 0) is 64.5 Å². The van der Waals surface area contributed by atoms with E-state index in [0.717, 1.165) is 12.3 Å². The van der Waals surface area contributed by atoms with Gasteiger partial charge in [0.15, 0.2) is 0 Å². The number of hydrogen-bond acceptors (Lipinski definition) is 4. The lowest BCUT2D eigenvalue weighted by Gasteiger charge is -2.34. The number of nitrogens with two attached hydrogens (primary N) is 1. The van der Waals surface area contributed by atoms with Crippen LogP contribution < -0.4 is 5.73 Å². The van der Waals surface area contributed by atoms with Crippen LogP contribution in [-0.4, -0.2) is 50.1 Å². The molecule has 0 aliphatic carbocycles. The molecule has 2 heterocycles. The number of piperidine rings is 1. The third kappa shape index (κ3) is 4.04. The smallest absolute Gasteiger partial charge is 0.0562 e. The summed E-state index contributed by atoms with van der Waals surface area (Å²) in [7, 11) is 4.46. The van der Waals surface area contributed by atoms with Gasteiger partial charge in [-0.15, -0.1) is 11.3 Å². The largest absolute Gasteiger partial charge is 0.329 e. The molecule has 1 unspecified atom stereocenters. The number of nitrogens with zero attached hydrogens (tertiary/aromatic N) is 2. The Morgan fingerprint density at radius 2 is 2.10 bits per heavy atom. The lowest BCUT2D eigenvalue weighted by atomic mass is 9.96. The number of rotatable bonds is 6. The van der Waals surface area contributed by atoms with Gasteiger partial charge in [-0.25, -0.2) is 0 Å². The molecule has 0 aromatic carbocycles. The molecule has 0 saturated carbocycles. The highest BCUT2D eigenvalue weighted by atomic mass is 32.1. The molecule has 1 aliphatic rings.